The van der Waals surface area contributed by atoms with E-state index in [0.29, 0.717) is 17.3 Å². The maximum Gasteiger partial charge on any atom is 0.137 e. The first kappa shape index (κ1) is 15.7. The molecule has 4 heteroatoms. The van der Waals surface area contributed by atoms with Crippen molar-refractivity contribution in [2.75, 3.05) is 25.1 Å². The molecule has 21 heavy (non-hydrogen) atoms. The van der Waals surface area contributed by atoms with Gasteiger partial charge in [0.25, 0.3) is 0 Å². The lowest BCUT2D eigenvalue weighted by Gasteiger charge is -2.32. The molecule has 1 atom stereocenters. The molecular formula is C17H21ClN2O. The number of para-hydroxylation sites is 1. The van der Waals surface area contributed by atoms with Crippen molar-refractivity contribution in [1.29, 1.82) is 0 Å². The van der Waals surface area contributed by atoms with E-state index in [2.05, 4.69) is 24.0 Å². The van der Waals surface area contributed by atoms with Crippen molar-refractivity contribution in [1.82, 2.24) is 0 Å². The van der Waals surface area contributed by atoms with Gasteiger partial charge >= 0.3 is 0 Å². The first-order valence-corrected chi connectivity index (χ1v) is 7.44. The van der Waals surface area contributed by atoms with Crippen LogP contribution in [0.3, 0.4) is 0 Å². The summed E-state index contributed by atoms with van der Waals surface area (Å²) in [6.45, 7) is 3.52. The SMILES string of the molecule is CCN(c1ccccc1)C(CN)c1ccc(OC)c(Cl)c1. The third-order valence-corrected chi connectivity index (χ3v) is 3.88. The molecule has 0 saturated carbocycles. The topological polar surface area (TPSA) is 38.5 Å². The second kappa shape index (κ2) is 7.34. The summed E-state index contributed by atoms with van der Waals surface area (Å²) < 4.78 is 5.21. The van der Waals surface area contributed by atoms with Gasteiger partial charge in [-0.3, -0.25) is 0 Å². The maximum atomic E-state index is 6.24. The van der Waals surface area contributed by atoms with Crippen molar-refractivity contribution in [2.45, 2.75) is 13.0 Å². The fourth-order valence-corrected chi connectivity index (χ4v) is 2.80. The molecule has 0 aromatic heterocycles. The number of halogens is 1. The molecule has 2 rings (SSSR count). The van der Waals surface area contributed by atoms with Gasteiger partial charge in [0.1, 0.15) is 5.75 Å². The number of anilines is 1. The van der Waals surface area contributed by atoms with Gasteiger partial charge in [-0.05, 0) is 36.8 Å². The van der Waals surface area contributed by atoms with Gasteiger partial charge in [-0.2, -0.15) is 0 Å². The van der Waals surface area contributed by atoms with Gasteiger partial charge in [0.05, 0.1) is 18.2 Å². The number of ether oxygens (including phenoxy) is 1. The standard InChI is InChI=1S/C17H21ClN2O/c1-3-20(14-7-5-4-6-8-14)16(12-19)13-9-10-17(21-2)15(18)11-13/h4-11,16H,3,12,19H2,1-2H3. The van der Waals surface area contributed by atoms with Crippen molar-refractivity contribution < 1.29 is 4.74 Å². The van der Waals surface area contributed by atoms with Crippen molar-refractivity contribution >= 4 is 17.3 Å². The fourth-order valence-electron chi connectivity index (χ4n) is 2.54. The van der Waals surface area contributed by atoms with Crippen LogP contribution in [0, 0.1) is 0 Å². The number of hydrogen-bond donors (Lipinski definition) is 1. The van der Waals surface area contributed by atoms with E-state index in [0.717, 1.165) is 17.8 Å². The Bertz CT molecular complexity index is 574. The van der Waals surface area contributed by atoms with Crippen molar-refractivity contribution in [3.8, 4) is 5.75 Å². The lowest BCUT2D eigenvalue weighted by Crippen LogP contribution is -2.33. The smallest absolute Gasteiger partial charge is 0.137 e. The molecule has 0 spiro atoms. The van der Waals surface area contributed by atoms with Crippen molar-refractivity contribution in [3.63, 3.8) is 0 Å². The Kier molecular flexibility index (Phi) is 5.48. The first-order valence-electron chi connectivity index (χ1n) is 7.06. The number of nitrogens with two attached hydrogens (primary N) is 1. The number of rotatable bonds is 6. The molecule has 0 fully saturated rings. The molecule has 3 nitrogen and oxygen atoms in total. The quantitative estimate of drug-likeness (QED) is 0.880. The lowest BCUT2D eigenvalue weighted by molar-refractivity contribution is 0.414. The zero-order valence-electron chi connectivity index (χ0n) is 12.4. The van der Waals surface area contributed by atoms with Crippen LogP contribution >= 0.6 is 11.6 Å². The first-order chi connectivity index (χ1) is 10.2. The predicted octanol–water partition coefficient (Wildman–Crippen LogP) is 3.87. The average Bonchev–Trinajstić information content (AvgIpc) is 2.53. The van der Waals surface area contributed by atoms with Gasteiger partial charge in [0.2, 0.25) is 0 Å². The minimum Gasteiger partial charge on any atom is -0.495 e. The molecule has 2 N–H and O–H groups in total. The third-order valence-electron chi connectivity index (χ3n) is 3.59. The molecule has 0 aliphatic carbocycles. The highest BCUT2D eigenvalue weighted by atomic mass is 35.5. The highest BCUT2D eigenvalue weighted by molar-refractivity contribution is 6.32. The number of benzene rings is 2. The van der Waals surface area contributed by atoms with E-state index >= 15 is 0 Å². The van der Waals surface area contributed by atoms with E-state index in [1.807, 2.05) is 36.4 Å². The summed E-state index contributed by atoms with van der Waals surface area (Å²) in [6.07, 6.45) is 0. The van der Waals surface area contributed by atoms with Crippen LogP contribution in [0.1, 0.15) is 18.5 Å². The van der Waals surface area contributed by atoms with Crippen LogP contribution in [0.2, 0.25) is 5.02 Å². The van der Waals surface area contributed by atoms with Gasteiger partial charge in [-0.15, -0.1) is 0 Å². The molecule has 1 unspecified atom stereocenters. The largest absolute Gasteiger partial charge is 0.495 e. The van der Waals surface area contributed by atoms with E-state index < -0.39 is 0 Å². The zero-order chi connectivity index (χ0) is 15.2. The minimum atomic E-state index is 0.0841. The van der Waals surface area contributed by atoms with Crippen LogP contribution in [-0.2, 0) is 0 Å². The second-order valence-electron chi connectivity index (χ2n) is 4.77. The monoisotopic (exact) mass is 304 g/mol. The van der Waals surface area contributed by atoms with Crippen LogP contribution in [0.15, 0.2) is 48.5 Å². The summed E-state index contributed by atoms with van der Waals surface area (Å²) in [5.41, 5.74) is 8.27. The van der Waals surface area contributed by atoms with E-state index in [1.165, 1.54) is 0 Å². The van der Waals surface area contributed by atoms with E-state index in [1.54, 1.807) is 7.11 Å². The molecule has 112 valence electrons. The fraction of sp³-hybridized carbons (Fsp3) is 0.294. The van der Waals surface area contributed by atoms with Gasteiger partial charge in [-0.1, -0.05) is 35.9 Å². The van der Waals surface area contributed by atoms with Crippen LogP contribution in [0.4, 0.5) is 5.69 Å². The molecule has 0 saturated heterocycles. The van der Waals surface area contributed by atoms with Crippen LogP contribution in [0.25, 0.3) is 0 Å². The molecule has 2 aromatic carbocycles. The Labute approximate surface area is 131 Å². The minimum absolute atomic E-state index is 0.0841. The molecule has 2 aromatic rings. The van der Waals surface area contributed by atoms with E-state index in [9.17, 15) is 0 Å². The van der Waals surface area contributed by atoms with Gasteiger partial charge in [-0.25, -0.2) is 0 Å². The van der Waals surface area contributed by atoms with Gasteiger partial charge < -0.3 is 15.4 Å². The highest BCUT2D eigenvalue weighted by Gasteiger charge is 2.19. The van der Waals surface area contributed by atoms with Crippen LogP contribution in [-0.4, -0.2) is 20.2 Å². The van der Waals surface area contributed by atoms with E-state index in [-0.39, 0.29) is 6.04 Å². The number of methoxy groups -OCH3 is 1. The molecular weight excluding hydrogens is 284 g/mol. The molecule has 0 aliphatic heterocycles. The summed E-state index contributed by atoms with van der Waals surface area (Å²) in [7, 11) is 1.61. The Hall–Kier alpha value is -1.71. The molecule has 0 aliphatic rings. The zero-order valence-corrected chi connectivity index (χ0v) is 13.2. The average molecular weight is 305 g/mol. The molecule has 0 radical (unpaired) electrons. The summed E-state index contributed by atoms with van der Waals surface area (Å²) in [4.78, 5) is 2.28. The maximum absolute atomic E-state index is 6.24. The van der Waals surface area contributed by atoms with Crippen LogP contribution in [0.5, 0.6) is 5.75 Å². The van der Waals surface area contributed by atoms with Gasteiger partial charge in [0.15, 0.2) is 0 Å². The summed E-state index contributed by atoms with van der Waals surface area (Å²) in [5, 5.41) is 0.609. The normalized spacial score (nSPS) is 12.0. The number of nitrogens with zero attached hydrogens (tertiary/aromatic N) is 1. The second-order valence-corrected chi connectivity index (χ2v) is 5.17. The highest BCUT2D eigenvalue weighted by Crippen LogP contribution is 2.31. The summed E-state index contributed by atoms with van der Waals surface area (Å²) in [5.74, 6) is 0.680. The van der Waals surface area contributed by atoms with E-state index in [4.69, 9.17) is 22.1 Å². The number of likely N-dealkylation sites (N-methyl/N-ethyl adjacent to an activating group) is 1. The van der Waals surface area contributed by atoms with Crippen LogP contribution < -0.4 is 15.4 Å². The summed E-state index contributed by atoms with van der Waals surface area (Å²) >= 11 is 6.24. The van der Waals surface area contributed by atoms with Crippen molar-refractivity contribution in [2.24, 2.45) is 5.73 Å². The summed E-state index contributed by atoms with van der Waals surface area (Å²) in [6, 6.07) is 16.2. The van der Waals surface area contributed by atoms with Gasteiger partial charge in [0, 0.05) is 18.8 Å². The molecule has 0 heterocycles. The Morgan fingerprint density at radius 1 is 1.19 bits per heavy atom. The molecule has 0 amide bonds. The Balaban J connectivity index is 2.35. The predicted molar refractivity (Wildman–Crippen MR) is 89.3 cm³/mol. The van der Waals surface area contributed by atoms with Crippen molar-refractivity contribution in [3.05, 3.63) is 59.1 Å². The Morgan fingerprint density at radius 3 is 2.43 bits per heavy atom. The number of hydrogen-bond acceptors (Lipinski definition) is 3. The third kappa shape index (κ3) is 3.49. The lowest BCUT2D eigenvalue weighted by atomic mass is 10.0. The Morgan fingerprint density at radius 2 is 1.90 bits per heavy atom. The molecule has 0 bridgehead atoms.